The monoisotopic (exact) mass is 309 g/mol. The molecule has 1 aromatic carbocycles. The highest BCUT2D eigenvalue weighted by Crippen LogP contribution is 2.42. The molecule has 2 aliphatic rings. The molecule has 6 nitrogen and oxygen atoms in total. The van der Waals surface area contributed by atoms with Gasteiger partial charge in [0.15, 0.2) is 5.82 Å². The summed E-state index contributed by atoms with van der Waals surface area (Å²) >= 11 is 0. The zero-order valence-electron chi connectivity index (χ0n) is 13.0. The number of nitrogens with one attached hydrogen (secondary N) is 1. The van der Waals surface area contributed by atoms with Gasteiger partial charge in [-0.1, -0.05) is 18.2 Å². The molecular weight excluding hydrogens is 290 g/mol. The summed E-state index contributed by atoms with van der Waals surface area (Å²) < 4.78 is 1.62. The van der Waals surface area contributed by atoms with Crippen molar-refractivity contribution in [1.82, 2.24) is 25.5 Å². The predicted octanol–water partition coefficient (Wildman–Crippen LogP) is 1.91. The number of fused-ring (bicyclic) bond motifs is 2. The second-order valence-corrected chi connectivity index (χ2v) is 6.44. The van der Waals surface area contributed by atoms with Crippen molar-refractivity contribution in [2.75, 3.05) is 6.54 Å². The molecule has 1 aromatic heterocycles. The molecule has 3 atom stereocenters. The third-order valence-electron chi connectivity index (χ3n) is 4.92. The first-order chi connectivity index (χ1) is 11.2. The topological polar surface area (TPSA) is 72.7 Å². The van der Waals surface area contributed by atoms with Gasteiger partial charge < -0.3 is 5.32 Å². The summed E-state index contributed by atoms with van der Waals surface area (Å²) in [6, 6.07) is 7.38. The molecule has 2 bridgehead atoms. The number of allylic oxidation sites excluding steroid dienone is 2. The van der Waals surface area contributed by atoms with Crippen molar-refractivity contribution in [3.63, 3.8) is 0 Å². The van der Waals surface area contributed by atoms with E-state index in [-0.39, 0.29) is 5.91 Å². The number of amides is 1. The van der Waals surface area contributed by atoms with E-state index in [1.807, 2.05) is 31.2 Å². The van der Waals surface area contributed by atoms with Crippen LogP contribution in [0.15, 0.2) is 36.4 Å². The average molecular weight is 309 g/mol. The summed E-state index contributed by atoms with van der Waals surface area (Å²) in [7, 11) is 0. The Morgan fingerprint density at radius 3 is 2.96 bits per heavy atom. The first-order valence-electron chi connectivity index (χ1n) is 8.02. The second kappa shape index (κ2) is 5.61. The van der Waals surface area contributed by atoms with E-state index >= 15 is 0 Å². The molecule has 0 radical (unpaired) electrons. The number of aryl methyl sites for hydroxylation is 1. The molecule has 0 saturated heterocycles. The van der Waals surface area contributed by atoms with Crippen molar-refractivity contribution < 1.29 is 4.79 Å². The van der Waals surface area contributed by atoms with E-state index in [0.29, 0.717) is 23.2 Å². The van der Waals surface area contributed by atoms with Crippen LogP contribution in [0.1, 0.15) is 29.0 Å². The Balaban J connectivity index is 1.44. The minimum Gasteiger partial charge on any atom is -0.352 e. The molecule has 23 heavy (non-hydrogen) atoms. The summed E-state index contributed by atoms with van der Waals surface area (Å²) in [5.41, 5.74) is 1.43. The number of aromatic nitrogens is 4. The SMILES string of the molecule is Cc1nnnn1-c1cccc(C(=O)NC[C@H]2C[C@@H]3C=C[C@H]2C3)c1. The maximum atomic E-state index is 12.4. The van der Waals surface area contributed by atoms with Crippen LogP contribution >= 0.6 is 0 Å². The summed E-state index contributed by atoms with van der Waals surface area (Å²) in [5, 5.41) is 14.5. The van der Waals surface area contributed by atoms with Crippen molar-refractivity contribution in [1.29, 1.82) is 0 Å². The van der Waals surface area contributed by atoms with Gasteiger partial charge >= 0.3 is 0 Å². The standard InChI is InChI=1S/C17H19N5O/c1-11-19-20-21-22(11)16-4-2-3-14(9-16)17(23)18-10-15-8-12-5-6-13(15)7-12/h2-6,9,12-13,15H,7-8,10H2,1H3,(H,18,23)/t12-,13+,15-/m1/s1. The van der Waals surface area contributed by atoms with Gasteiger partial charge in [-0.25, -0.2) is 0 Å². The smallest absolute Gasteiger partial charge is 0.251 e. The highest BCUT2D eigenvalue weighted by molar-refractivity contribution is 5.94. The van der Waals surface area contributed by atoms with E-state index in [1.165, 1.54) is 12.8 Å². The van der Waals surface area contributed by atoms with E-state index in [4.69, 9.17) is 0 Å². The molecule has 0 spiro atoms. The molecule has 118 valence electrons. The molecular formula is C17H19N5O. The van der Waals surface area contributed by atoms with E-state index in [1.54, 1.807) is 4.68 Å². The molecule has 2 aromatic rings. The summed E-state index contributed by atoms with van der Waals surface area (Å²) in [6.07, 6.45) is 7.09. The van der Waals surface area contributed by atoms with Crippen LogP contribution in [-0.2, 0) is 0 Å². The third kappa shape index (κ3) is 2.65. The van der Waals surface area contributed by atoms with Crippen molar-refractivity contribution in [3.8, 4) is 5.69 Å². The average Bonchev–Trinajstić information content (AvgIpc) is 3.29. The molecule has 1 N–H and O–H groups in total. The Morgan fingerprint density at radius 2 is 2.26 bits per heavy atom. The van der Waals surface area contributed by atoms with E-state index < -0.39 is 0 Å². The van der Waals surface area contributed by atoms with Crippen LogP contribution in [0, 0.1) is 24.7 Å². The Bertz CT molecular complexity index is 766. The van der Waals surface area contributed by atoms with Gasteiger partial charge in [0.2, 0.25) is 0 Å². The normalized spacial score (nSPS) is 25.0. The van der Waals surface area contributed by atoms with Gasteiger partial charge in [0.25, 0.3) is 5.91 Å². The van der Waals surface area contributed by atoms with Gasteiger partial charge in [0.05, 0.1) is 5.69 Å². The fourth-order valence-electron chi connectivity index (χ4n) is 3.70. The van der Waals surface area contributed by atoms with Gasteiger partial charge in [0, 0.05) is 12.1 Å². The quantitative estimate of drug-likeness (QED) is 0.876. The molecule has 6 heteroatoms. The van der Waals surface area contributed by atoms with Crippen molar-refractivity contribution in [2.45, 2.75) is 19.8 Å². The number of hydrogen-bond donors (Lipinski definition) is 1. The summed E-state index contributed by atoms with van der Waals surface area (Å²) in [5.74, 6) is 2.61. The van der Waals surface area contributed by atoms with Crippen LogP contribution in [-0.4, -0.2) is 32.7 Å². The number of hydrogen-bond acceptors (Lipinski definition) is 4. The van der Waals surface area contributed by atoms with Crippen molar-refractivity contribution >= 4 is 5.91 Å². The van der Waals surface area contributed by atoms with Crippen LogP contribution < -0.4 is 5.32 Å². The fraction of sp³-hybridized carbons (Fsp3) is 0.412. The lowest BCUT2D eigenvalue weighted by molar-refractivity contribution is 0.0945. The number of tetrazole rings is 1. The number of carbonyl (C=O) groups excluding carboxylic acids is 1. The number of carbonyl (C=O) groups is 1. The lowest BCUT2D eigenvalue weighted by atomic mass is 9.93. The minimum absolute atomic E-state index is 0.0377. The number of rotatable bonds is 4. The molecule has 1 saturated carbocycles. The van der Waals surface area contributed by atoms with Crippen molar-refractivity contribution in [3.05, 3.63) is 47.8 Å². The molecule has 1 amide bonds. The zero-order valence-corrected chi connectivity index (χ0v) is 13.0. The van der Waals surface area contributed by atoms with Crippen molar-refractivity contribution in [2.24, 2.45) is 17.8 Å². The highest BCUT2D eigenvalue weighted by Gasteiger charge is 2.35. The maximum Gasteiger partial charge on any atom is 0.251 e. The molecule has 1 fully saturated rings. The Labute approximate surface area is 134 Å². The van der Waals surface area contributed by atoms with Crippen LogP contribution in [0.3, 0.4) is 0 Å². The molecule has 0 unspecified atom stereocenters. The summed E-state index contributed by atoms with van der Waals surface area (Å²) in [4.78, 5) is 12.4. The van der Waals surface area contributed by atoms with Crippen LogP contribution in [0.4, 0.5) is 0 Å². The fourth-order valence-corrected chi connectivity index (χ4v) is 3.70. The second-order valence-electron chi connectivity index (χ2n) is 6.44. The zero-order chi connectivity index (χ0) is 15.8. The molecule has 2 aliphatic carbocycles. The lowest BCUT2D eigenvalue weighted by Crippen LogP contribution is -2.31. The third-order valence-corrected chi connectivity index (χ3v) is 4.92. The molecule has 0 aliphatic heterocycles. The van der Waals surface area contributed by atoms with Gasteiger partial charge in [-0.3, -0.25) is 4.79 Å². The van der Waals surface area contributed by atoms with Crippen LogP contribution in [0.2, 0.25) is 0 Å². The van der Waals surface area contributed by atoms with Crippen LogP contribution in [0.25, 0.3) is 5.69 Å². The Morgan fingerprint density at radius 1 is 1.35 bits per heavy atom. The first-order valence-corrected chi connectivity index (χ1v) is 8.02. The largest absolute Gasteiger partial charge is 0.352 e. The lowest BCUT2D eigenvalue weighted by Gasteiger charge is -2.18. The van der Waals surface area contributed by atoms with Gasteiger partial charge in [-0.15, -0.1) is 5.10 Å². The van der Waals surface area contributed by atoms with E-state index in [0.717, 1.165) is 18.2 Å². The van der Waals surface area contributed by atoms with Crippen LogP contribution in [0.5, 0.6) is 0 Å². The molecule has 1 heterocycles. The minimum atomic E-state index is -0.0377. The number of benzene rings is 1. The van der Waals surface area contributed by atoms with E-state index in [9.17, 15) is 4.79 Å². The number of nitrogens with zero attached hydrogens (tertiary/aromatic N) is 4. The maximum absolute atomic E-state index is 12.4. The molecule has 4 rings (SSSR count). The van der Waals surface area contributed by atoms with Gasteiger partial charge in [0.1, 0.15) is 0 Å². The Kier molecular flexibility index (Phi) is 3.44. The highest BCUT2D eigenvalue weighted by atomic mass is 16.1. The summed E-state index contributed by atoms with van der Waals surface area (Å²) in [6.45, 7) is 2.58. The predicted molar refractivity (Wildman–Crippen MR) is 85.1 cm³/mol. The van der Waals surface area contributed by atoms with Gasteiger partial charge in [-0.2, -0.15) is 4.68 Å². The Hall–Kier alpha value is -2.50. The first kappa shape index (κ1) is 14.1. The van der Waals surface area contributed by atoms with E-state index in [2.05, 4.69) is 33.0 Å². The van der Waals surface area contributed by atoms with Gasteiger partial charge in [-0.05, 0) is 66.1 Å².